The maximum absolute atomic E-state index is 12.6. The summed E-state index contributed by atoms with van der Waals surface area (Å²) in [4.78, 5) is 18.5. The first kappa shape index (κ1) is 16.9. The van der Waals surface area contributed by atoms with Crippen LogP contribution in [0.5, 0.6) is 0 Å². The highest BCUT2D eigenvalue weighted by molar-refractivity contribution is 7.11. The van der Waals surface area contributed by atoms with E-state index in [1.54, 1.807) is 11.3 Å². The number of thiazole rings is 1. The average Bonchev–Trinajstić information content (AvgIpc) is 2.86. The van der Waals surface area contributed by atoms with E-state index < -0.39 is 0 Å². The SMILES string of the molecule is Cc1sc(CNC(=O)C2CC3CCCC(C2)C3N)nc1C(C)C. The van der Waals surface area contributed by atoms with Gasteiger partial charge >= 0.3 is 0 Å². The summed E-state index contributed by atoms with van der Waals surface area (Å²) in [6.45, 7) is 7.00. The van der Waals surface area contributed by atoms with Gasteiger partial charge in [-0.2, -0.15) is 0 Å². The van der Waals surface area contributed by atoms with Gasteiger partial charge in [-0.25, -0.2) is 4.98 Å². The number of carbonyl (C=O) groups is 1. The second-order valence-corrected chi connectivity index (χ2v) is 8.91. The molecule has 2 fully saturated rings. The topological polar surface area (TPSA) is 68.0 Å². The molecule has 2 aliphatic carbocycles. The van der Waals surface area contributed by atoms with Crippen molar-refractivity contribution in [1.82, 2.24) is 10.3 Å². The number of hydrogen-bond acceptors (Lipinski definition) is 4. The van der Waals surface area contributed by atoms with Gasteiger partial charge in [0.1, 0.15) is 5.01 Å². The summed E-state index contributed by atoms with van der Waals surface area (Å²) in [6.07, 6.45) is 5.62. The predicted octanol–water partition coefficient (Wildman–Crippen LogP) is 3.34. The van der Waals surface area contributed by atoms with E-state index in [1.807, 2.05) is 0 Å². The summed E-state index contributed by atoms with van der Waals surface area (Å²) < 4.78 is 0. The van der Waals surface area contributed by atoms with Crippen LogP contribution in [0.1, 0.15) is 67.4 Å². The molecule has 4 nitrogen and oxygen atoms in total. The molecular formula is C18H29N3OS. The maximum atomic E-state index is 12.6. The Labute approximate surface area is 143 Å². The molecule has 2 saturated carbocycles. The van der Waals surface area contributed by atoms with Gasteiger partial charge in [-0.05, 0) is 50.4 Å². The molecular weight excluding hydrogens is 306 g/mol. The fourth-order valence-corrected chi connectivity index (χ4v) is 5.41. The molecule has 3 N–H and O–H groups in total. The van der Waals surface area contributed by atoms with Crippen LogP contribution < -0.4 is 11.1 Å². The van der Waals surface area contributed by atoms with Crippen LogP contribution in [0.4, 0.5) is 0 Å². The Morgan fingerprint density at radius 1 is 1.35 bits per heavy atom. The second kappa shape index (κ2) is 6.89. The van der Waals surface area contributed by atoms with E-state index in [4.69, 9.17) is 5.73 Å². The van der Waals surface area contributed by atoms with Crippen molar-refractivity contribution in [3.8, 4) is 0 Å². The van der Waals surface area contributed by atoms with Crippen molar-refractivity contribution >= 4 is 17.2 Å². The molecule has 0 radical (unpaired) electrons. The summed E-state index contributed by atoms with van der Waals surface area (Å²) in [6, 6.07) is 0.322. The minimum atomic E-state index is 0.149. The van der Waals surface area contributed by atoms with Crippen molar-refractivity contribution < 1.29 is 4.79 Å². The van der Waals surface area contributed by atoms with Crippen LogP contribution in [0.2, 0.25) is 0 Å². The van der Waals surface area contributed by atoms with E-state index >= 15 is 0 Å². The van der Waals surface area contributed by atoms with Gasteiger partial charge in [-0.1, -0.05) is 20.3 Å². The third-order valence-electron chi connectivity index (χ3n) is 5.62. The Bertz CT molecular complexity index is 555. The highest BCUT2D eigenvalue weighted by Gasteiger charge is 2.40. The van der Waals surface area contributed by atoms with Crippen LogP contribution >= 0.6 is 11.3 Å². The first-order valence-corrected chi connectivity index (χ1v) is 9.76. The molecule has 2 aliphatic rings. The lowest BCUT2D eigenvalue weighted by Gasteiger charge is -2.43. The van der Waals surface area contributed by atoms with Crippen molar-refractivity contribution in [3.63, 3.8) is 0 Å². The van der Waals surface area contributed by atoms with Gasteiger partial charge in [0.15, 0.2) is 0 Å². The average molecular weight is 336 g/mol. The second-order valence-electron chi connectivity index (χ2n) is 7.62. The molecule has 1 heterocycles. The number of amides is 1. The molecule has 2 bridgehead atoms. The number of nitrogens with two attached hydrogens (primary N) is 1. The van der Waals surface area contributed by atoms with Crippen molar-refractivity contribution in [2.45, 2.75) is 71.4 Å². The van der Waals surface area contributed by atoms with Gasteiger partial charge in [0.2, 0.25) is 5.91 Å². The monoisotopic (exact) mass is 335 g/mol. The molecule has 0 spiro atoms. The molecule has 0 aromatic carbocycles. The summed E-state index contributed by atoms with van der Waals surface area (Å²) in [7, 11) is 0. The lowest BCUT2D eigenvalue weighted by molar-refractivity contribution is -0.128. The lowest BCUT2D eigenvalue weighted by atomic mass is 9.65. The first-order chi connectivity index (χ1) is 11.0. The van der Waals surface area contributed by atoms with E-state index in [0.717, 1.165) is 23.5 Å². The van der Waals surface area contributed by atoms with Crippen molar-refractivity contribution in [2.75, 3.05) is 0 Å². The van der Waals surface area contributed by atoms with Crippen LogP contribution in [0, 0.1) is 24.7 Å². The van der Waals surface area contributed by atoms with Crippen molar-refractivity contribution in [3.05, 3.63) is 15.6 Å². The fraction of sp³-hybridized carbons (Fsp3) is 0.778. The summed E-state index contributed by atoms with van der Waals surface area (Å²) >= 11 is 1.70. The molecule has 2 atom stereocenters. The largest absolute Gasteiger partial charge is 0.349 e. The van der Waals surface area contributed by atoms with Crippen molar-refractivity contribution in [2.24, 2.45) is 23.5 Å². The molecule has 1 aromatic rings. The molecule has 0 saturated heterocycles. The minimum Gasteiger partial charge on any atom is -0.349 e. The number of hydrogen-bond donors (Lipinski definition) is 2. The lowest BCUT2D eigenvalue weighted by Crippen LogP contribution is -2.49. The molecule has 2 unspecified atom stereocenters. The van der Waals surface area contributed by atoms with Crippen molar-refractivity contribution in [1.29, 1.82) is 0 Å². The zero-order valence-corrected chi connectivity index (χ0v) is 15.3. The quantitative estimate of drug-likeness (QED) is 0.886. The summed E-state index contributed by atoms with van der Waals surface area (Å²) in [5, 5.41) is 4.14. The highest BCUT2D eigenvalue weighted by Crippen LogP contribution is 2.41. The van der Waals surface area contributed by atoms with Crippen LogP contribution in [-0.4, -0.2) is 16.9 Å². The van der Waals surface area contributed by atoms with E-state index in [1.165, 1.54) is 24.1 Å². The number of aromatic nitrogens is 1. The number of rotatable bonds is 4. The Morgan fingerprint density at radius 3 is 2.57 bits per heavy atom. The Hall–Kier alpha value is -0.940. The Balaban J connectivity index is 1.56. The first-order valence-electron chi connectivity index (χ1n) is 8.95. The minimum absolute atomic E-state index is 0.149. The summed E-state index contributed by atoms with van der Waals surface area (Å²) in [5.41, 5.74) is 7.48. The van der Waals surface area contributed by atoms with Gasteiger partial charge in [-0.3, -0.25) is 4.79 Å². The smallest absolute Gasteiger partial charge is 0.223 e. The molecule has 23 heavy (non-hydrogen) atoms. The van der Waals surface area contributed by atoms with E-state index in [9.17, 15) is 4.79 Å². The fourth-order valence-electron chi connectivity index (χ4n) is 4.39. The zero-order valence-electron chi connectivity index (χ0n) is 14.5. The van der Waals surface area contributed by atoms with Crippen LogP contribution in [0.25, 0.3) is 0 Å². The zero-order chi connectivity index (χ0) is 16.6. The van der Waals surface area contributed by atoms with E-state index in [2.05, 4.69) is 31.1 Å². The molecule has 1 aromatic heterocycles. The third-order valence-corrected chi connectivity index (χ3v) is 6.61. The summed E-state index contributed by atoms with van der Waals surface area (Å²) in [5.74, 6) is 1.89. The van der Waals surface area contributed by atoms with Crippen LogP contribution in [-0.2, 0) is 11.3 Å². The van der Waals surface area contributed by atoms with Crippen LogP contribution in [0.15, 0.2) is 0 Å². The van der Waals surface area contributed by atoms with Crippen LogP contribution in [0.3, 0.4) is 0 Å². The van der Waals surface area contributed by atoms with E-state index in [0.29, 0.717) is 30.3 Å². The third kappa shape index (κ3) is 3.61. The van der Waals surface area contributed by atoms with Gasteiger partial charge in [0.25, 0.3) is 0 Å². The number of nitrogens with zero attached hydrogens (tertiary/aromatic N) is 1. The number of nitrogens with one attached hydrogen (secondary N) is 1. The van der Waals surface area contributed by atoms with Gasteiger partial charge in [-0.15, -0.1) is 11.3 Å². The number of carbonyl (C=O) groups excluding carboxylic acids is 1. The number of aryl methyl sites for hydroxylation is 1. The molecule has 128 valence electrons. The normalized spacial score (nSPS) is 30.5. The van der Waals surface area contributed by atoms with E-state index in [-0.39, 0.29) is 11.8 Å². The predicted molar refractivity (Wildman–Crippen MR) is 94.3 cm³/mol. The highest BCUT2D eigenvalue weighted by atomic mass is 32.1. The standard InChI is InChI=1S/C18H29N3OS/c1-10(2)17-11(3)23-15(21-17)9-20-18(22)14-7-12-5-4-6-13(8-14)16(12)19/h10,12-14,16H,4-9,19H2,1-3H3,(H,20,22). The molecule has 3 rings (SSSR count). The maximum Gasteiger partial charge on any atom is 0.223 e. The van der Waals surface area contributed by atoms with Gasteiger partial charge in [0.05, 0.1) is 12.2 Å². The van der Waals surface area contributed by atoms with Gasteiger partial charge < -0.3 is 11.1 Å². The Kier molecular flexibility index (Phi) is 5.07. The molecule has 0 aliphatic heterocycles. The Morgan fingerprint density at radius 2 is 2.00 bits per heavy atom. The molecule has 5 heteroatoms. The number of fused-ring (bicyclic) bond motifs is 2. The van der Waals surface area contributed by atoms with Gasteiger partial charge in [0, 0.05) is 16.8 Å². The molecule has 1 amide bonds.